The molecule has 1 N–H and O–H groups in total. The van der Waals surface area contributed by atoms with Crippen molar-refractivity contribution >= 4 is 0 Å². The molecule has 0 bridgehead atoms. The van der Waals surface area contributed by atoms with Crippen molar-refractivity contribution < 1.29 is 0 Å². The monoisotopic (exact) mass is 210 g/mol. The van der Waals surface area contributed by atoms with E-state index >= 15 is 0 Å². The number of rotatable bonds is 3. The van der Waals surface area contributed by atoms with Gasteiger partial charge in [-0.05, 0) is 34.1 Å². The molecule has 1 heterocycles. The first kappa shape index (κ1) is 12.7. The van der Waals surface area contributed by atoms with E-state index in [9.17, 15) is 0 Å². The SMILES string of the molecule is C/C=C/CN1CC(C)(CC)NCC1(C)C. The first-order valence-corrected chi connectivity index (χ1v) is 6.05. The topological polar surface area (TPSA) is 15.3 Å². The Hall–Kier alpha value is -0.340. The Morgan fingerprint density at radius 3 is 2.53 bits per heavy atom. The predicted octanol–water partition coefficient (Wildman–Crippen LogP) is 2.42. The number of nitrogens with one attached hydrogen (secondary N) is 1. The second kappa shape index (κ2) is 4.67. The Morgan fingerprint density at radius 2 is 2.00 bits per heavy atom. The van der Waals surface area contributed by atoms with Crippen LogP contribution in [0.25, 0.3) is 0 Å². The molecule has 0 aromatic carbocycles. The molecule has 1 aliphatic heterocycles. The maximum atomic E-state index is 3.68. The van der Waals surface area contributed by atoms with Crippen molar-refractivity contribution in [3.8, 4) is 0 Å². The summed E-state index contributed by atoms with van der Waals surface area (Å²) < 4.78 is 0. The maximum absolute atomic E-state index is 3.68. The van der Waals surface area contributed by atoms with Gasteiger partial charge in [-0.3, -0.25) is 4.90 Å². The van der Waals surface area contributed by atoms with E-state index in [0.29, 0.717) is 0 Å². The quantitative estimate of drug-likeness (QED) is 0.720. The van der Waals surface area contributed by atoms with Gasteiger partial charge in [-0.2, -0.15) is 0 Å². The summed E-state index contributed by atoms with van der Waals surface area (Å²) in [6.45, 7) is 14.6. The molecule has 15 heavy (non-hydrogen) atoms. The van der Waals surface area contributed by atoms with Gasteiger partial charge < -0.3 is 5.32 Å². The Bertz CT molecular complexity index is 233. The highest BCUT2D eigenvalue weighted by Gasteiger charge is 2.38. The predicted molar refractivity (Wildman–Crippen MR) is 67.2 cm³/mol. The highest BCUT2D eigenvalue weighted by atomic mass is 15.3. The van der Waals surface area contributed by atoms with Crippen molar-refractivity contribution in [3.05, 3.63) is 12.2 Å². The zero-order valence-corrected chi connectivity index (χ0v) is 10.9. The van der Waals surface area contributed by atoms with Gasteiger partial charge in [-0.15, -0.1) is 0 Å². The lowest BCUT2D eigenvalue weighted by molar-refractivity contribution is 0.0415. The van der Waals surface area contributed by atoms with Crippen LogP contribution < -0.4 is 5.32 Å². The third kappa shape index (κ3) is 3.05. The molecule has 0 aliphatic carbocycles. The minimum absolute atomic E-state index is 0.272. The lowest BCUT2D eigenvalue weighted by Gasteiger charge is -2.50. The minimum atomic E-state index is 0.272. The zero-order chi connectivity index (χ0) is 11.5. The molecule has 1 atom stereocenters. The molecule has 2 heteroatoms. The molecule has 0 amide bonds. The van der Waals surface area contributed by atoms with Crippen molar-refractivity contribution in [2.75, 3.05) is 19.6 Å². The summed E-state index contributed by atoms with van der Waals surface area (Å²) >= 11 is 0. The standard InChI is InChI=1S/C13H26N2/c1-6-8-9-15-11-13(5,7-2)14-10-12(15,3)4/h6,8,14H,7,9-11H2,1-5H3/b8-6+. The molecule has 1 fully saturated rings. The van der Waals surface area contributed by atoms with E-state index in [1.165, 1.54) is 6.42 Å². The molecule has 1 saturated heterocycles. The van der Waals surface area contributed by atoms with Gasteiger partial charge in [0.15, 0.2) is 0 Å². The van der Waals surface area contributed by atoms with Crippen LogP contribution in [-0.2, 0) is 0 Å². The number of piperazine rings is 1. The normalized spacial score (nSPS) is 32.3. The third-order valence-electron chi connectivity index (χ3n) is 3.69. The van der Waals surface area contributed by atoms with E-state index < -0.39 is 0 Å². The van der Waals surface area contributed by atoms with E-state index in [2.05, 4.69) is 57.0 Å². The van der Waals surface area contributed by atoms with Gasteiger partial charge in [-0.1, -0.05) is 19.1 Å². The number of hydrogen-bond acceptors (Lipinski definition) is 2. The van der Waals surface area contributed by atoms with Crippen LogP contribution >= 0.6 is 0 Å². The summed E-state index contributed by atoms with van der Waals surface area (Å²) in [5.74, 6) is 0. The van der Waals surface area contributed by atoms with E-state index in [-0.39, 0.29) is 11.1 Å². The summed E-state index contributed by atoms with van der Waals surface area (Å²) in [6, 6.07) is 0. The van der Waals surface area contributed by atoms with Crippen LogP contribution in [0.2, 0.25) is 0 Å². The molecule has 2 nitrogen and oxygen atoms in total. The van der Waals surface area contributed by atoms with Crippen molar-refractivity contribution in [2.45, 2.75) is 52.1 Å². The largest absolute Gasteiger partial charge is 0.308 e. The fraction of sp³-hybridized carbons (Fsp3) is 0.846. The number of hydrogen-bond donors (Lipinski definition) is 1. The van der Waals surface area contributed by atoms with E-state index in [1.807, 2.05) is 0 Å². The van der Waals surface area contributed by atoms with Crippen LogP contribution in [0, 0.1) is 0 Å². The van der Waals surface area contributed by atoms with Crippen LogP contribution in [0.5, 0.6) is 0 Å². The first-order chi connectivity index (χ1) is 6.93. The fourth-order valence-electron chi connectivity index (χ4n) is 2.01. The van der Waals surface area contributed by atoms with Crippen LogP contribution in [-0.4, -0.2) is 35.6 Å². The second-order valence-electron chi connectivity index (χ2n) is 5.53. The molecule has 0 saturated carbocycles. The Morgan fingerprint density at radius 1 is 1.33 bits per heavy atom. The van der Waals surface area contributed by atoms with Crippen molar-refractivity contribution in [1.82, 2.24) is 10.2 Å². The highest BCUT2D eigenvalue weighted by Crippen LogP contribution is 2.25. The Labute approximate surface area is 94.7 Å². The van der Waals surface area contributed by atoms with Gasteiger partial charge in [0.05, 0.1) is 0 Å². The molecular formula is C13H26N2. The van der Waals surface area contributed by atoms with E-state index in [0.717, 1.165) is 19.6 Å². The summed E-state index contributed by atoms with van der Waals surface area (Å²) in [5, 5.41) is 3.68. The van der Waals surface area contributed by atoms with Gasteiger partial charge >= 0.3 is 0 Å². The minimum Gasteiger partial charge on any atom is -0.308 e. The van der Waals surface area contributed by atoms with Gasteiger partial charge in [0.25, 0.3) is 0 Å². The van der Waals surface area contributed by atoms with Gasteiger partial charge in [0, 0.05) is 30.7 Å². The Kier molecular flexibility index (Phi) is 3.96. The smallest absolute Gasteiger partial charge is 0.0281 e. The van der Waals surface area contributed by atoms with Crippen LogP contribution in [0.4, 0.5) is 0 Å². The average molecular weight is 210 g/mol. The molecule has 0 radical (unpaired) electrons. The molecular weight excluding hydrogens is 184 g/mol. The van der Waals surface area contributed by atoms with Crippen molar-refractivity contribution in [1.29, 1.82) is 0 Å². The molecule has 1 rings (SSSR count). The molecule has 0 aromatic heterocycles. The van der Waals surface area contributed by atoms with Crippen molar-refractivity contribution in [3.63, 3.8) is 0 Å². The molecule has 1 unspecified atom stereocenters. The van der Waals surface area contributed by atoms with Crippen LogP contribution in [0.1, 0.15) is 41.0 Å². The van der Waals surface area contributed by atoms with Crippen LogP contribution in [0.3, 0.4) is 0 Å². The van der Waals surface area contributed by atoms with E-state index in [4.69, 9.17) is 0 Å². The maximum Gasteiger partial charge on any atom is 0.0281 e. The average Bonchev–Trinajstić information content (AvgIpc) is 2.20. The number of allylic oxidation sites excluding steroid dienone is 1. The van der Waals surface area contributed by atoms with Crippen molar-refractivity contribution in [2.24, 2.45) is 0 Å². The van der Waals surface area contributed by atoms with Crippen LogP contribution in [0.15, 0.2) is 12.2 Å². The lowest BCUT2D eigenvalue weighted by Crippen LogP contribution is -2.66. The first-order valence-electron chi connectivity index (χ1n) is 6.05. The van der Waals surface area contributed by atoms with Gasteiger partial charge in [-0.25, -0.2) is 0 Å². The molecule has 88 valence electrons. The second-order valence-corrected chi connectivity index (χ2v) is 5.53. The summed E-state index contributed by atoms with van der Waals surface area (Å²) in [6.07, 6.45) is 5.58. The Balaban J connectivity index is 2.70. The molecule has 1 aliphatic rings. The summed E-state index contributed by atoms with van der Waals surface area (Å²) in [4.78, 5) is 2.58. The zero-order valence-electron chi connectivity index (χ0n) is 10.9. The highest BCUT2D eigenvalue weighted by molar-refractivity contribution is 5.01. The molecule has 0 aromatic rings. The van der Waals surface area contributed by atoms with Gasteiger partial charge in [0.1, 0.15) is 0 Å². The fourth-order valence-corrected chi connectivity index (χ4v) is 2.01. The third-order valence-corrected chi connectivity index (χ3v) is 3.69. The van der Waals surface area contributed by atoms with Gasteiger partial charge in [0.2, 0.25) is 0 Å². The molecule has 0 spiro atoms. The summed E-state index contributed by atoms with van der Waals surface area (Å²) in [5.41, 5.74) is 0.561. The number of nitrogens with zero attached hydrogens (tertiary/aromatic N) is 1. The summed E-state index contributed by atoms with van der Waals surface area (Å²) in [7, 11) is 0. The van der Waals surface area contributed by atoms with E-state index in [1.54, 1.807) is 0 Å². The lowest BCUT2D eigenvalue weighted by atomic mass is 9.88.